The van der Waals surface area contributed by atoms with Gasteiger partial charge in [0.2, 0.25) is 11.8 Å². The highest BCUT2D eigenvalue weighted by atomic mass is 35.5. The normalized spacial score (nSPS) is 11.7. The number of primary amides is 2. The number of rotatable bonds is 10. The van der Waals surface area contributed by atoms with E-state index in [-0.39, 0.29) is 32.6 Å². The first kappa shape index (κ1) is 41.9. The van der Waals surface area contributed by atoms with Crippen LogP contribution in [0.2, 0.25) is 10.0 Å². The number of thiazole rings is 2. The SMILES string of the molecule is NC(=O)c1sc(-n2cnc3cc(Cl)ccc32)nc1OCc1ccccc1C(F)(F)F.NC(=O)c1sc(-n2cnc3ccc(Cl)cc32)nc1OCc1ccccc1C(F)(F)F. The number of ether oxygens (including phenoxy) is 2. The van der Waals surface area contributed by atoms with E-state index in [1.165, 1.54) is 49.1 Å². The first-order valence-corrected chi connectivity index (χ1v) is 19.3. The lowest BCUT2D eigenvalue weighted by Crippen LogP contribution is -2.13. The summed E-state index contributed by atoms with van der Waals surface area (Å²) in [5.41, 5.74) is 11.6. The fraction of sp³-hybridized carbons (Fsp3) is 0.105. The van der Waals surface area contributed by atoms with E-state index in [0.717, 1.165) is 34.8 Å². The van der Waals surface area contributed by atoms with Crippen LogP contribution < -0.4 is 20.9 Å². The van der Waals surface area contributed by atoms with Crippen LogP contribution in [-0.2, 0) is 25.6 Å². The number of nitrogens with two attached hydrogens (primary N) is 2. The summed E-state index contributed by atoms with van der Waals surface area (Å²) in [7, 11) is 0. The average Bonchev–Trinajstić information content (AvgIpc) is 4.00. The third-order valence-electron chi connectivity index (χ3n) is 8.42. The molecular formula is C38H24Cl2F6N8O4S2. The molecule has 308 valence electrons. The van der Waals surface area contributed by atoms with Crippen LogP contribution in [0.5, 0.6) is 11.8 Å². The minimum absolute atomic E-state index is 0.00898. The van der Waals surface area contributed by atoms with Crippen molar-refractivity contribution in [1.29, 1.82) is 0 Å². The average molecular weight is 906 g/mol. The predicted molar refractivity (Wildman–Crippen MR) is 212 cm³/mol. The largest absolute Gasteiger partial charge is 0.472 e. The molecule has 22 heteroatoms. The fourth-order valence-corrected chi connectivity index (χ4v) is 7.74. The molecule has 0 spiro atoms. The van der Waals surface area contributed by atoms with Crippen molar-refractivity contribution in [3.05, 3.63) is 140 Å². The van der Waals surface area contributed by atoms with Gasteiger partial charge < -0.3 is 20.9 Å². The smallest absolute Gasteiger partial charge is 0.416 e. The highest BCUT2D eigenvalue weighted by molar-refractivity contribution is 7.16. The van der Waals surface area contributed by atoms with Gasteiger partial charge in [-0.15, -0.1) is 0 Å². The predicted octanol–water partition coefficient (Wildman–Crippen LogP) is 9.66. The number of carbonyl (C=O) groups excluding carboxylic acids is 2. The summed E-state index contributed by atoms with van der Waals surface area (Å²) < 4.78 is 93.3. The number of alkyl halides is 6. The number of imidazole rings is 2. The van der Waals surface area contributed by atoms with E-state index in [9.17, 15) is 35.9 Å². The molecule has 0 bridgehead atoms. The van der Waals surface area contributed by atoms with E-state index in [1.807, 2.05) is 0 Å². The Labute approximate surface area is 351 Å². The summed E-state index contributed by atoms with van der Waals surface area (Å²) in [5, 5.41) is 1.63. The number of hydrogen-bond acceptors (Lipinski definition) is 10. The number of halogens is 8. The van der Waals surface area contributed by atoms with Gasteiger partial charge in [0.25, 0.3) is 11.8 Å². The van der Waals surface area contributed by atoms with Gasteiger partial charge in [-0.3, -0.25) is 18.7 Å². The lowest BCUT2D eigenvalue weighted by atomic mass is 10.1. The van der Waals surface area contributed by atoms with Crippen molar-refractivity contribution < 1.29 is 45.4 Å². The van der Waals surface area contributed by atoms with E-state index in [0.29, 0.717) is 42.4 Å². The lowest BCUT2D eigenvalue weighted by Gasteiger charge is -2.12. The van der Waals surface area contributed by atoms with Crippen LogP contribution in [0.15, 0.2) is 97.6 Å². The van der Waals surface area contributed by atoms with Gasteiger partial charge in [-0.25, -0.2) is 9.97 Å². The maximum absolute atomic E-state index is 13.2. The number of benzene rings is 4. The molecule has 0 saturated carbocycles. The van der Waals surface area contributed by atoms with Gasteiger partial charge in [0, 0.05) is 21.2 Å². The molecule has 4 aromatic carbocycles. The van der Waals surface area contributed by atoms with Crippen LogP contribution in [0, 0.1) is 0 Å². The Morgan fingerprint density at radius 1 is 0.617 bits per heavy atom. The lowest BCUT2D eigenvalue weighted by molar-refractivity contribution is -0.139. The molecule has 4 N–H and O–H groups in total. The van der Waals surface area contributed by atoms with Crippen LogP contribution in [-0.4, -0.2) is 40.9 Å². The Kier molecular flexibility index (Phi) is 11.7. The zero-order valence-electron chi connectivity index (χ0n) is 30.0. The molecule has 4 aromatic heterocycles. The summed E-state index contributed by atoms with van der Waals surface area (Å²) in [6.07, 6.45) is -6.08. The monoisotopic (exact) mass is 904 g/mol. The van der Waals surface area contributed by atoms with Gasteiger partial charge in [0.1, 0.15) is 25.9 Å². The Balaban J connectivity index is 0.000000181. The summed E-state index contributed by atoms with van der Waals surface area (Å²) in [6.45, 7) is -0.866. The van der Waals surface area contributed by atoms with Gasteiger partial charge in [0.15, 0.2) is 20.0 Å². The van der Waals surface area contributed by atoms with Crippen LogP contribution in [0.25, 0.3) is 32.3 Å². The van der Waals surface area contributed by atoms with Gasteiger partial charge >= 0.3 is 12.4 Å². The third-order valence-corrected chi connectivity index (χ3v) is 11.0. The number of carbonyl (C=O) groups is 2. The molecular weight excluding hydrogens is 881 g/mol. The van der Waals surface area contributed by atoms with Crippen LogP contribution in [0.1, 0.15) is 41.6 Å². The standard InChI is InChI=1S/2C19H12ClF3N4O2S/c20-11-5-6-14-13(7-11)25-9-27(14)18-26-17(15(30-18)16(24)28)29-8-10-3-1-2-4-12(10)19(21,22)23;20-11-5-6-13-14(7-11)27(9-25-13)18-26-17(15(30-18)16(24)28)29-8-10-3-1-2-4-12(10)19(21,22)23/h2*1-7,9H,8H2,(H2,24,28). The van der Waals surface area contributed by atoms with Crippen molar-refractivity contribution >= 4 is 79.8 Å². The third kappa shape index (κ3) is 9.00. The van der Waals surface area contributed by atoms with Crippen molar-refractivity contribution in [3.63, 3.8) is 0 Å². The van der Waals surface area contributed by atoms with Crippen molar-refractivity contribution in [2.24, 2.45) is 11.5 Å². The molecule has 60 heavy (non-hydrogen) atoms. The van der Waals surface area contributed by atoms with E-state index in [1.54, 1.807) is 45.5 Å². The van der Waals surface area contributed by atoms with Crippen LogP contribution >= 0.6 is 45.9 Å². The highest BCUT2D eigenvalue weighted by Crippen LogP contribution is 2.36. The van der Waals surface area contributed by atoms with Gasteiger partial charge in [-0.2, -0.15) is 36.3 Å². The Hall–Kier alpha value is -6.22. The molecule has 8 rings (SSSR count). The molecule has 0 aliphatic rings. The van der Waals surface area contributed by atoms with E-state index < -0.39 is 48.5 Å². The fourth-order valence-electron chi connectivity index (χ4n) is 5.71. The second kappa shape index (κ2) is 16.8. The Morgan fingerprint density at radius 3 is 1.57 bits per heavy atom. The topological polar surface area (TPSA) is 166 Å². The van der Waals surface area contributed by atoms with Crippen molar-refractivity contribution in [1.82, 2.24) is 29.1 Å². The molecule has 0 fully saturated rings. The maximum atomic E-state index is 13.2. The van der Waals surface area contributed by atoms with Crippen molar-refractivity contribution in [2.75, 3.05) is 0 Å². The number of amides is 2. The van der Waals surface area contributed by atoms with E-state index in [2.05, 4.69) is 19.9 Å². The minimum Gasteiger partial charge on any atom is -0.472 e. The summed E-state index contributed by atoms with van der Waals surface area (Å²) in [4.78, 5) is 40.7. The quantitative estimate of drug-likeness (QED) is 0.128. The second-order valence-electron chi connectivity index (χ2n) is 12.4. The number of hydrogen-bond donors (Lipinski definition) is 2. The summed E-state index contributed by atoms with van der Waals surface area (Å²) >= 11 is 13.9. The molecule has 4 heterocycles. The van der Waals surface area contributed by atoms with Crippen molar-refractivity contribution in [3.8, 4) is 22.0 Å². The van der Waals surface area contributed by atoms with Crippen molar-refractivity contribution in [2.45, 2.75) is 25.6 Å². The van der Waals surface area contributed by atoms with Gasteiger partial charge in [0.05, 0.1) is 33.2 Å². The summed E-state index contributed by atoms with van der Waals surface area (Å²) in [5.74, 6) is -1.90. The first-order chi connectivity index (χ1) is 28.5. The molecule has 0 aliphatic carbocycles. The maximum Gasteiger partial charge on any atom is 0.416 e. The number of aromatic nitrogens is 6. The minimum atomic E-state index is -4.53. The number of nitrogens with zero attached hydrogens (tertiary/aromatic N) is 6. The molecule has 0 atom stereocenters. The Bertz CT molecular complexity index is 2890. The van der Waals surface area contributed by atoms with Crippen LogP contribution in [0.3, 0.4) is 0 Å². The van der Waals surface area contributed by atoms with E-state index in [4.69, 9.17) is 44.1 Å². The van der Waals surface area contributed by atoms with E-state index >= 15 is 0 Å². The molecule has 0 radical (unpaired) electrons. The highest BCUT2D eigenvalue weighted by Gasteiger charge is 2.34. The number of fused-ring (bicyclic) bond motifs is 2. The molecule has 8 aromatic rings. The summed E-state index contributed by atoms with van der Waals surface area (Å²) in [6, 6.07) is 20.2. The zero-order valence-corrected chi connectivity index (χ0v) is 33.1. The van der Waals surface area contributed by atoms with Gasteiger partial charge in [-0.1, -0.05) is 82.3 Å². The van der Waals surface area contributed by atoms with Gasteiger partial charge in [-0.05, 0) is 48.5 Å². The molecule has 2 amide bonds. The van der Waals surface area contributed by atoms with Crippen LogP contribution in [0.4, 0.5) is 26.3 Å². The molecule has 0 unspecified atom stereocenters. The molecule has 0 aliphatic heterocycles. The Morgan fingerprint density at radius 2 is 1.07 bits per heavy atom. The molecule has 12 nitrogen and oxygen atoms in total. The second-order valence-corrected chi connectivity index (χ2v) is 15.2. The molecule has 0 saturated heterocycles. The first-order valence-electron chi connectivity index (χ1n) is 16.9. The zero-order chi connectivity index (χ0) is 42.9.